The largest absolute Gasteiger partial charge is 0.338 e. The van der Waals surface area contributed by atoms with Crippen LogP contribution in [0.2, 0.25) is 0 Å². The van der Waals surface area contributed by atoms with E-state index in [1.807, 2.05) is 11.8 Å². The van der Waals surface area contributed by atoms with Crippen LogP contribution in [0.5, 0.6) is 0 Å². The Bertz CT molecular complexity index is 969. The van der Waals surface area contributed by atoms with Crippen LogP contribution in [-0.4, -0.2) is 93.1 Å². The van der Waals surface area contributed by atoms with Crippen LogP contribution in [0.4, 0.5) is 5.82 Å². The van der Waals surface area contributed by atoms with Crippen molar-refractivity contribution in [2.75, 3.05) is 63.8 Å². The summed E-state index contributed by atoms with van der Waals surface area (Å²) < 4.78 is 25.5. The molecule has 0 radical (unpaired) electrons. The molecular weight excluding hydrogens is 450 g/mol. The van der Waals surface area contributed by atoms with Gasteiger partial charge in [0, 0.05) is 26.2 Å². The molecule has 3 fully saturated rings. The Morgan fingerprint density at radius 3 is 2.32 bits per heavy atom. The standard InChI is InChI=1S/C25H41N5O3S/c1-17(20-7-9-28(4)10-8-20)6-11-29-13-21-15-30(16-22(21)14-29)25(31)24-18(2)12-23(26-19(24)3)27-34(5,32)33/h12,17,20-22H,6-11,13-16H2,1-5H3,(H,26,27). The highest BCUT2D eigenvalue weighted by atomic mass is 32.2. The van der Waals surface area contributed by atoms with Crippen LogP contribution < -0.4 is 4.72 Å². The number of aryl methyl sites for hydroxylation is 2. The normalized spacial score (nSPS) is 25.5. The lowest BCUT2D eigenvalue weighted by Crippen LogP contribution is -2.36. The number of nitrogens with zero attached hydrogens (tertiary/aromatic N) is 4. The molecule has 4 heterocycles. The maximum absolute atomic E-state index is 13.3. The van der Waals surface area contributed by atoms with Gasteiger partial charge in [-0.05, 0) is 95.1 Å². The molecular formula is C25H41N5O3S. The van der Waals surface area contributed by atoms with Crippen molar-refractivity contribution in [1.82, 2.24) is 19.7 Å². The van der Waals surface area contributed by atoms with Crippen LogP contribution in [-0.2, 0) is 10.0 Å². The lowest BCUT2D eigenvalue weighted by Gasteiger charge is -2.33. The van der Waals surface area contributed by atoms with Crippen molar-refractivity contribution in [1.29, 1.82) is 0 Å². The number of aromatic nitrogens is 1. The summed E-state index contributed by atoms with van der Waals surface area (Å²) in [6.45, 7) is 13.5. The van der Waals surface area contributed by atoms with E-state index in [9.17, 15) is 13.2 Å². The molecule has 0 saturated carbocycles. The van der Waals surface area contributed by atoms with Crippen molar-refractivity contribution < 1.29 is 13.2 Å². The number of hydrogen-bond donors (Lipinski definition) is 1. The number of carbonyl (C=O) groups excluding carboxylic acids is 1. The van der Waals surface area contributed by atoms with Gasteiger partial charge < -0.3 is 14.7 Å². The fourth-order valence-corrected chi connectivity index (χ4v) is 6.70. The van der Waals surface area contributed by atoms with Gasteiger partial charge in [-0.25, -0.2) is 13.4 Å². The van der Waals surface area contributed by atoms with E-state index in [1.54, 1.807) is 13.0 Å². The average Bonchev–Trinajstić information content (AvgIpc) is 3.29. The number of likely N-dealkylation sites (tertiary alicyclic amines) is 3. The van der Waals surface area contributed by atoms with Gasteiger partial charge in [-0.1, -0.05) is 6.92 Å². The zero-order chi connectivity index (χ0) is 24.6. The highest BCUT2D eigenvalue weighted by Gasteiger charge is 2.42. The van der Waals surface area contributed by atoms with Gasteiger partial charge in [0.05, 0.1) is 17.5 Å². The zero-order valence-corrected chi connectivity index (χ0v) is 22.2. The molecule has 0 aliphatic carbocycles. The van der Waals surface area contributed by atoms with Gasteiger partial charge in [-0.15, -0.1) is 0 Å². The van der Waals surface area contributed by atoms with E-state index in [4.69, 9.17) is 0 Å². The molecule has 4 rings (SSSR count). The Morgan fingerprint density at radius 1 is 1.15 bits per heavy atom. The molecule has 0 spiro atoms. The molecule has 34 heavy (non-hydrogen) atoms. The van der Waals surface area contributed by atoms with E-state index in [0.29, 0.717) is 23.1 Å². The summed E-state index contributed by atoms with van der Waals surface area (Å²) in [5.41, 5.74) is 1.92. The van der Waals surface area contributed by atoms with Gasteiger partial charge in [-0.3, -0.25) is 9.52 Å². The molecule has 3 aliphatic heterocycles. The van der Waals surface area contributed by atoms with Crippen LogP contribution >= 0.6 is 0 Å². The van der Waals surface area contributed by atoms with Crippen LogP contribution in [0.3, 0.4) is 0 Å². The lowest BCUT2D eigenvalue weighted by molar-refractivity contribution is 0.0771. The summed E-state index contributed by atoms with van der Waals surface area (Å²) in [6, 6.07) is 1.64. The molecule has 8 nitrogen and oxygen atoms in total. The number of pyridine rings is 1. The number of rotatable bonds is 7. The van der Waals surface area contributed by atoms with Crippen molar-refractivity contribution in [2.45, 2.75) is 40.0 Å². The molecule has 3 saturated heterocycles. The summed E-state index contributed by atoms with van der Waals surface area (Å²) in [5.74, 6) is 3.02. The van der Waals surface area contributed by atoms with Gasteiger partial charge in [-0.2, -0.15) is 0 Å². The quantitative estimate of drug-likeness (QED) is 0.631. The Hall–Kier alpha value is -1.71. The lowest BCUT2D eigenvalue weighted by atomic mass is 9.83. The number of piperidine rings is 1. The van der Waals surface area contributed by atoms with Gasteiger partial charge in [0.25, 0.3) is 5.91 Å². The van der Waals surface area contributed by atoms with Gasteiger partial charge in [0.2, 0.25) is 10.0 Å². The first-order valence-electron chi connectivity index (χ1n) is 12.7. The van der Waals surface area contributed by atoms with Gasteiger partial charge in [0.1, 0.15) is 5.82 Å². The molecule has 1 aromatic rings. The van der Waals surface area contributed by atoms with Gasteiger partial charge >= 0.3 is 0 Å². The number of fused-ring (bicyclic) bond motifs is 1. The number of amides is 1. The predicted molar refractivity (Wildman–Crippen MR) is 136 cm³/mol. The van der Waals surface area contributed by atoms with E-state index >= 15 is 0 Å². The fourth-order valence-electron chi connectivity index (χ4n) is 6.21. The third-order valence-electron chi connectivity index (χ3n) is 8.22. The maximum Gasteiger partial charge on any atom is 0.255 e. The smallest absolute Gasteiger partial charge is 0.255 e. The zero-order valence-electron chi connectivity index (χ0n) is 21.4. The van der Waals surface area contributed by atoms with Crippen LogP contribution in [0.1, 0.15) is 47.8 Å². The molecule has 1 aromatic heterocycles. The van der Waals surface area contributed by atoms with E-state index in [2.05, 4.69) is 33.5 Å². The fraction of sp³-hybridized carbons (Fsp3) is 0.760. The summed E-state index contributed by atoms with van der Waals surface area (Å²) in [5, 5.41) is 0. The maximum atomic E-state index is 13.3. The summed E-state index contributed by atoms with van der Waals surface area (Å²) >= 11 is 0. The summed E-state index contributed by atoms with van der Waals surface area (Å²) in [7, 11) is -1.18. The Kier molecular flexibility index (Phi) is 7.55. The molecule has 1 N–H and O–H groups in total. The highest BCUT2D eigenvalue weighted by Crippen LogP contribution is 2.34. The second-order valence-corrected chi connectivity index (χ2v) is 12.8. The van der Waals surface area contributed by atoms with E-state index in [-0.39, 0.29) is 11.7 Å². The third-order valence-corrected chi connectivity index (χ3v) is 8.80. The number of hydrogen-bond acceptors (Lipinski definition) is 6. The number of sulfonamides is 1. The minimum atomic E-state index is -3.41. The number of carbonyl (C=O) groups is 1. The first kappa shape index (κ1) is 25.4. The molecule has 3 atom stereocenters. The number of anilines is 1. The molecule has 3 unspecified atom stereocenters. The minimum Gasteiger partial charge on any atom is -0.338 e. The first-order valence-corrected chi connectivity index (χ1v) is 14.6. The molecule has 9 heteroatoms. The Balaban J connectivity index is 1.29. The number of nitrogens with one attached hydrogen (secondary N) is 1. The minimum absolute atomic E-state index is 0.0187. The van der Waals surface area contributed by atoms with Crippen molar-refractivity contribution in [2.24, 2.45) is 23.7 Å². The molecule has 0 aromatic carbocycles. The Labute approximate surface area is 205 Å². The average molecular weight is 492 g/mol. The van der Waals surface area contributed by atoms with E-state index in [1.165, 1.54) is 38.9 Å². The second-order valence-electron chi connectivity index (χ2n) is 11.1. The topological polar surface area (TPSA) is 85.8 Å². The van der Waals surface area contributed by atoms with E-state index in [0.717, 1.165) is 49.8 Å². The van der Waals surface area contributed by atoms with Gasteiger partial charge in [0.15, 0.2) is 0 Å². The van der Waals surface area contributed by atoms with Crippen molar-refractivity contribution >= 4 is 21.7 Å². The molecule has 0 bridgehead atoms. The SMILES string of the molecule is Cc1cc(NS(C)(=O)=O)nc(C)c1C(=O)N1CC2CN(CCC(C)C3CCN(C)CC3)CC2C1. The first-order chi connectivity index (χ1) is 16.0. The predicted octanol–water partition coefficient (Wildman–Crippen LogP) is 2.44. The summed E-state index contributed by atoms with van der Waals surface area (Å²) in [4.78, 5) is 24.7. The summed E-state index contributed by atoms with van der Waals surface area (Å²) in [6.07, 6.45) is 5.03. The Morgan fingerprint density at radius 2 is 1.76 bits per heavy atom. The highest BCUT2D eigenvalue weighted by molar-refractivity contribution is 7.92. The van der Waals surface area contributed by atoms with Crippen LogP contribution in [0.15, 0.2) is 6.07 Å². The second kappa shape index (κ2) is 10.1. The molecule has 190 valence electrons. The molecule has 3 aliphatic rings. The van der Waals surface area contributed by atoms with Crippen LogP contribution in [0, 0.1) is 37.5 Å². The van der Waals surface area contributed by atoms with Crippen molar-refractivity contribution in [3.8, 4) is 0 Å². The molecule has 1 amide bonds. The van der Waals surface area contributed by atoms with Crippen molar-refractivity contribution in [3.05, 3.63) is 22.9 Å². The van der Waals surface area contributed by atoms with E-state index < -0.39 is 10.0 Å². The van der Waals surface area contributed by atoms with Crippen molar-refractivity contribution in [3.63, 3.8) is 0 Å². The third kappa shape index (κ3) is 5.91. The van der Waals surface area contributed by atoms with Crippen LogP contribution in [0.25, 0.3) is 0 Å². The monoisotopic (exact) mass is 491 g/mol.